The van der Waals surface area contributed by atoms with Gasteiger partial charge >= 0.3 is 5.97 Å². The first kappa shape index (κ1) is 16.2. The van der Waals surface area contributed by atoms with Crippen LogP contribution in [0.15, 0.2) is 0 Å². The van der Waals surface area contributed by atoms with Crippen molar-refractivity contribution in [2.45, 2.75) is 32.1 Å². The smallest absolute Gasteiger partial charge is 0.303 e. The first-order chi connectivity index (χ1) is 10.1. The average Bonchev–Trinajstić information content (AvgIpc) is 2.74. The van der Waals surface area contributed by atoms with Gasteiger partial charge in [-0.3, -0.25) is 14.5 Å². The van der Waals surface area contributed by atoms with Crippen LogP contribution in [0.4, 0.5) is 0 Å². The highest BCUT2D eigenvalue weighted by Gasteiger charge is 2.25. The number of hydrogen-bond donors (Lipinski definition) is 2. The molecule has 2 aliphatic rings. The molecule has 1 amide bonds. The van der Waals surface area contributed by atoms with E-state index in [1.165, 1.54) is 0 Å². The van der Waals surface area contributed by atoms with Gasteiger partial charge in [0.05, 0.1) is 6.54 Å². The van der Waals surface area contributed by atoms with Crippen molar-refractivity contribution in [1.29, 1.82) is 0 Å². The van der Waals surface area contributed by atoms with Gasteiger partial charge in [-0.05, 0) is 44.7 Å². The summed E-state index contributed by atoms with van der Waals surface area (Å²) >= 11 is 0. The molecule has 1 atom stereocenters. The fourth-order valence-corrected chi connectivity index (χ4v) is 3.21. The Balaban J connectivity index is 1.76. The van der Waals surface area contributed by atoms with Crippen LogP contribution in [0.3, 0.4) is 0 Å². The Morgan fingerprint density at radius 1 is 1.14 bits per heavy atom. The van der Waals surface area contributed by atoms with Crippen LogP contribution < -0.4 is 5.32 Å². The number of likely N-dealkylation sites (tertiary alicyclic amines) is 1. The number of carbonyl (C=O) groups excluding carboxylic acids is 1. The number of carboxylic acid groups (broad SMARTS) is 1. The molecule has 120 valence electrons. The average molecular weight is 297 g/mol. The maximum atomic E-state index is 12.4. The molecule has 0 aromatic rings. The zero-order chi connectivity index (χ0) is 15.1. The van der Waals surface area contributed by atoms with Gasteiger partial charge in [0.15, 0.2) is 0 Å². The third-order valence-electron chi connectivity index (χ3n) is 4.43. The second kappa shape index (κ2) is 8.34. The molecule has 0 aliphatic carbocycles. The van der Waals surface area contributed by atoms with Gasteiger partial charge in [0, 0.05) is 32.6 Å². The topological polar surface area (TPSA) is 72.9 Å². The molecule has 6 nitrogen and oxygen atoms in total. The van der Waals surface area contributed by atoms with Crippen molar-refractivity contribution in [1.82, 2.24) is 15.1 Å². The quantitative estimate of drug-likeness (QED) is 0.768. The zero-order valence-electron chi connectivity index (χ0n) is 12.7. The molecule has 1 unspecified atom stereocenters. The summed E-state index contributed by atoms with van der Waals surface area (Å²) in [7, 11) is 0. The third-order valence-corrected chi connectivity index (χ3v) is 4.43. The monoisotopic (exact) mass is 297 g/mol. The fourth-order valence-electron chi connectivity index (χ4n) is 3.21. The van der Waals surface area contributed by atoms with Crippen LogP contribution in [0, 0.1) is 5.92 Å². The number of nitrogens with zero attached hydrogens (tertiary/aromatic N) is 2. The van der Waals surface area contributed by atoms with E-state index in [0.29, 0.717) is 18.9 Å². The van der Waals surface area contributed by atoms with Crippen molar-refractivity contribution in [3.05, 3.63) is 0 Å². The number of carbonyl (C=O) groups is 2. The molecule has 0 spiro atoms. The van der Waals surface area contributed by atoms with Crippen molar-refractivity contribution in [2.75, 3.05) is 45.8 Å². The van der Waals surface area contributed by atoms with Crippen molar-refractivity contribution < 1.29 is 14.7 Å². The van der Waals surface area contributed by atoms with E-state index in [9.17, 15) is 9.59 Å². The van der Waals surface area contributed by atoms with Crippen LogP contribution in [0.1, 0.15) is 32.1 Å². The van der Waals surface area contributed by atoms with E-state index in [-0.39, 0.29) is 12.3 Å². The number of amides is 1. The molecule has 0 radical (unpaired) electrons. The highest BCUT2D eigenvalue weighted by Crippen LogP contribution is 2.21. The van der Waals surface area contributed by atoms with E-state index < -0.39 is 5.97 Å². The van der Waals surface area contributed by atoms with Crippen molar-refractivity contribution >= 4 is 11.9 Å². The van der Waals surface area contributed by atoms with Crippen LogP contribution in [0.2, 0.25) is 0 Å². The van der Waals surface area contributed by atoms with Crippen LogP contribution in [0.5, 0.6) is 0 Å². The molecular weight excluding hydrogens is 270 g/mol. The van der Waals surface area contributed by atoms with Gasteiger partial charge < -0.3 is 15.3 Å². The van der Waals surface area contributed by atoms with Gasteiger partial charge in [-0.1, -0.05) is 0 Å². The number of carboxylic acids is 1. The maximum Gasteiger partial charge on any atom is 0.303 e. The Morgan fingerprint density at radius 2 is 2.00 bits per heavy atom. The van der Waals surface area contributed by atoms with Gasteiger partial charge in [-0.2, -0.15) is 0 Å². The summed E-state index contributed by atoms with van der Waals surface area (Å²) in [5.41, 5.74) is 0. The second-order valence-electron chi connectivity index (χ2n) is 6.16. The summed E-state index contributed by atoms with van der Waals surface area (Å²) in [4.78, 5) is 27.2. The first-order valence-corrected chi connectivity index (χ1v) is 8.08. The number of piperidine rings is 1. The van der Waals surface area contributed by atoms with Crippen LogP contribution in [-0.2, 0) is 9.59 Å². The van der Waals surface area contributed by atoms with Crippen molar-refractivity contribution in [3.63, 3.8) is 0 Å². The lowest BCUT2D eigenvalue weighted by molar-refractivity contribution is -0.137. The summed E-state index contributed by atoms with van der Waals surface area (Å²) in [6.45, 7) is 5.97. The lowest BCUT2D eigenvalue weighted by Gasteiger charge is -2.34. The highest BCUT2D eigenvalue weighted by molar-refractivity contribution is 5.78. The van der Waals surface area contributed by atoms with Crippen molar-refractivity contribution in [3.8, 4) is 0 Å². The van der Waals surface area contributed by atoms with E-state index in [0.717, 1.165) is 58.5 Å². The van der Waals surface area contributed by atoms with Gasteiger partial charge in [-0.15, -0.1) is 0 Å². The predicted molar refractivity (Wildman–Crippen MR) is 80.1 cm³/mol. The number of rotatable bonds is 5. The molecule has 2 heterocycles. The van der Waals surface area contributed by atoms with E-state index >= 15 is 0 Å². The Kier molecular flexibility index (Phi) is 6.45. The van der Waals surface area contributed by atoms with Crippen LogP contribution in [-0.4, -0.2) is 72.6 Å². The minimum atomic E-state index is -0.740. The van der Waals surface area contributed by atoms with Crippen LogP contribution in [0.25, 0.3) is 0 Å². The maximum absolute atomic E-state index is 12.4. The zero-order valence-corrected chi connectivity index (χ0v) is 12.7. The second-order valence-corrected chi connectivity index (χ2v) is 6.16. The predicted octanol–water partition coefficient (Wildman–Crippen LogP) is 0.385. The summed E-state index contributed by atoms with van der Waals surface area (Å²) < 4.78 is 0. The first-order valence-electron chi connectivity index (χ1n) is 8.08. The molecule has 0 aromatic heterocycles. The Labute approximate surface area is 126 Å². The third kappa shape index (κ3) is 5.63. The molecule has 2 fully saturated rings. The number of aliphatic carboxylic acids is 1. The van der Waals surface area contributed by atoms with Gasteiger partial charge in [0.25, 0.3) is 0 Å². The summed E-state index contributed by atoms with van der Waals surface area (Å²) in [6, 6.07) is 0. The Bertz CT molecular complexity index is 354. The molecule has 2 aliphatic heterocycles. The minimum Gasteiger partial charge on any atom is -0.481 e. The lowest BCUT2D eigenvalue weighted by atomic mass is 9.93. The van der Waals surface area contributed by atoms with Crippen LogP contribution >= 0.6 is 0 Å². The van der Waals surface area contributed by atoms with E-state index in [1.54, 1.807) is 0 Å². The minimum absolute atomic E-state index is 0.205. The lowest BCUT2D eigenvalue weighted by Crippen LogP contribution is -2.45. The van der Waals surface area contributed by atoms with E-state index in [2.05, 4.69) is 10.2 Å². The largest absolute Gasteiger partial charge is 0.481 e. The van der Waals surface area contributed by atoms with Gasteiger partial charge in [-0.25, -0.2) is 0 Å². The van der Waals surface area contributed by atoms with Gasteiger partial charge in [0.1, 0.15) is 0 Å². The molecule has 2 saturated heterocycles. The molecule has 21 heavy (non-hydrogen) atoms. The van der Waals surface area contributed by atoms with Crippen molar-refractivity contribution in [2.24, 2.45) is 5.92 Å². The molecule has 0 bridgehead atoms. The standard InChI is InChI=1S/C15H27N3O3/c19-14(12-17-8-2-6-16-7-10-17)18-9-1-3-13(11-18)4-5-15(20)21/h13,16H,1-12H2,(H,20,21). The van der Waals surface area contributed by atoms with E-state index in [1.807, 2.05) is 4.90 Å². The molecule has 2 N–H and O–H groups in total. The summed E-state index contributed by atoms with van der Waals surface area (Å²) in [6.07, 6.45) is 4.04. The number of hydrogen-bond acceptors (Lipinski definition) is 4. The van der Waals surface area contributed by atoms with E-state index in [4.69, 9.17) is 5.11 Å². The number of nitrogens with one attached hydrogen (secondary N) is 1. The highest BCUT2D eigenvalue weighted by atomic mass is 16.4. The normalized spacial score (nSPS) is 24.6. The Morgan fingerprint density at radius 3 is 2.81 bits per heavy atom. The Hall–Kier alpha value is -1.14. The molecule has 0 aromatic carbocycles. The summed E-state index contributed by atoms with van der Waals surface area (Å²) in [5.74, 6) is -0.183. The molecule has 2 rings (SSSR count). The summed E-state index contributed by atoms with van der Waals surface area (Å²) in [5, 5.41) is 12.1. The fraction of sp³-hybridized carbons (Fsp3) is 0.867. The molecular formula is C15H27N3O3. The molecule has 6 heteroatoms. The SMILES string of the molecule is O=C(O)CCC1CCCN(C(=O)CN2CCCNCC2)C1. The molecule has 0 saturated carbocycles. The van der Waals surface area contributed by atoms with Gasteiger partial charge in [0.2, 0.25) is 5.91 Å².